The summed E-state index contributed by atoms with van der Waals surface area (Å²) < 4.78 is 7.43. The Hall–Kier alpha value is -3.78. The third kappa shape index (κ3) is 3.69. The highest BCUT2D eigenvalue weighted by Gasteiger charge is 2.26. The first-order chi connectivity index (χ1) is 15.8. The molecule has 0 saturated carbocycles. The smallest absolute Gasteiger partial charge is 0.238 e. The van der Waals surface area contributed by atoms with Crippen LogP contribution < -0.4 is 10.2 Å². The molecule has 0 aliphatic carbocycles. The predicted molar refractivity (Wildman–Crippen MR) is 124 cm³/mol. The molecule has 32 heavy (non-hydrogen) atoms. The molecule has 1 aliphatic heterocycles. The molecule has 1 saturated heterocycles. The molecule has 1 N–H and O–H groups in total. The molecule has 0 bridgehead atoms. The van der Waals surface area contributed by atoms with Gasteiger partial charge in [0, 0.05) is 31.9 Å². The molecule has 0 unspecified atom stereocenters. The van der Waals surface area contributed by atoms with Crippen molar-refractivity contribution < 1.29 is 9.53 Å². The molecular formula is C24H24N6O2. The zero-order valence-electron chi connectivity index (χ0n) is 17.8. The van der Waals surface area contributed by atoms with Crippen molar-refractivity contribution in [1.29, 1.82) is 0 Å². The van der Waals surface area contributed by atoms with Crippen LogP contribution in [0.4, 0.5) is 11.5 Å². The van der Waals surface area contributed by atoms with Crippen LogP contribution in [0.25, 0.3) is 28.2 Å². The van der Waals surface area contributed by atoms with E-state index in [0.29, 0.717) is 42.8 Å². The Morgan fingerprint density at radius 1 is 1.06 bits per heavy atom. The lowest BCUT2D eigenvalue weighted by Gasteiger charge is -2.33. The lowest BCUT2D eigenvalue weighted by Crippen LogP contribution is -2.37. The molecule has 1 aliphatic rings. The van der Waals surface area contributed by atoms with Gasteiger partial charge in [0.1, 0.15) is 17.7 Å². The van der Waals surface area contributed by atoms with E-state index >= 15 is 0 Å². The fourth-order valence-electron chi connectivity index (χ4n) is 4.16. The lowest BCUT2D eigenvalue weighted by molar-refractivity contribution is -0.105. The number of nitrogens with one attached hydrogen (secondary N) is 1. The summed E-state index contributed by atoms with van der Waals surface area (Å²) in [6.07, 6.45) is 4.20. The Morgan fingerprint density at radius 3 is 2.59 bits per heavy atom. The fraction of sp³-hybridized carbons (Fsp3) is 0.250. The van der Waals surface area contributed by atoms with Gasteiger partial charge in [-0.3, -0.25) is 9.36 Å². The molecule has 2 aromatic carbocycles. The number of fused-ring (bicyclic) bond motifs is 1. The molecule has 2 aromatic heterocycles. The molecule has 3 heterocycles. The zero-order valence-corrected chi connectivity index (χ0v) is 17.8. The summed E-state index contributed by atoms with van der Waals surface area (Å²) in [5, 5.41) is 2.87. The van der Waals surface area contributed by atoms with Gasteiger partial charge in [-0.2, -0.15) is 4.98 Å². The van der Waals surface area contributed by atoms with E-state index in [1.165, 1.54) is 0 Å². The van der Waals surface area contributed by atoms with Crippen molar-refractivity contribution in [1.82, 2.24) is 19.5 Å². The number of amides is 1. The molecule has 8 nitrogen and oxygen atoms in total. The van der Waals surface area contributed by atoms with Crippen LogP contribution in [0, 0.1) is 0 Å². The molecule has 1 fully saturated rings. The van der Waals surface area contributed by atoms with Crippen LogP contribution in [-0.4, -0.2) is 52.2 Å². The summed E-state index contributed by atoms with van der Waals surface area (Å²) in [6.45, 7) is 1.42. The second-order valence-electron chi connectivity index (χ2n) is 7.76. The van der Waals surface area contributed by atoms with Crippen LogP contribution in [0.2, 0.25) is 0 Å². The van der Waals surface area contributed by atoms with E-state index in [1.54, 1.807) is 6.33 Å². The van der Waals surface area contributed by atoms with Gasteiger partial charge in [0.2, 0.25) is 12.4 Å². The summed E-state index contributed by atoms with van der Waals surface area (Å²) in [5.74, 6) is 1.17. The Bertz CT molecular complexity index is 1230. The van der Waals surface area contributed by atoms with Crippen LogP contribution in [0.3, 0.4) is 0 Å². The Kier molecular flexibility index (Phi) is 5.51. The predicted octanol–water partition coefficient (Wildman–Crippen LogP) is 3.67. The summed E-state index contributed by atoms with van der Waals surface area (Å²) in [4.78, 5) is 28.0. The van der Waals surface area contributed by atoms with Crippen LogP contribution in [0.1, 0.15) is 12.8 Å². The molecular weight excluding hydrogens is 404 g/mol. The largest absolute Gasteiger partial charge is 0.381 e. The van der Waals surface area contributed by atoms with Crippen molar-refractivity contribution >= 4 is 28.9 Å². The Balaban J connectivity index is 1.73. The highest BCUT2D eigenvalue weighted by atomic mass is 16.5. The molecule has 0 atom stereocenters. The van der Waals surface area contributed by atoms with E-state index in [1.807, 2.05) is 66.2 Å². The van der Waals surface area contributed by atoms with E-state index in [0.717, 1.165) is 29.4 Å². The molecule has 0 radical (unpaired) electrons. The van der Waals surface area contributed by atoms with Gasteiger partial charge in [0.05, 0.1) is 11.0 Å². The number of carbonyl (C=O) groups is 1. The molecule has 1 amide bonds. The number of para-hydroxylation sites is 2. The van der Waals surface area contributed by atoms with E-state index < -0.39 is 0 Å². The Labute approximate surface area is 185 Å². The maximum Gasteiger partial charge on any atom is 0.238 e. The van der Waals surface area contributed by atoms with Gasteiger partial charge < -0.3 is 15.0 Å². The van der Waals surface area contributed by atoms with Crippen molar-refractivity contribution in [2.45, 2.75) is 18.9 Å². The van der Waals surface area contributed by atoms with Crippen LogP contribution in [-0.2, 0) is 9.53 Å². The Morgan fingerprint density at radius 2 is 1.81 bits per heavy atom. The number of nitrogens with zero attached hydrogens (tertiary/aromatic N) is 5. The van der Waals surface area contributed by atoms with E-state index in [4.69, 9.17) is 14.7 Å². The SMILES string of the molecule is CN(c1nc(-n2cnc3ccccc32)nc(-c2ccccc2)c1NC=O)C1CCOCC1. The third-order valence-electron chi connectivity index (χ3n) is 5.87. The van der Waals surface area contributed by atoms with Gasteiger partial charge in [-0.05, 0) is 25.0 Å². The van der Waals surface area contributed by atoms with Gasteiger partial charge >= 0.3 is 0 Å². The highest BCUT2D eigenvalue weighted by molar-refractivity contribution is 5.90. The number of ether oxygens (including phenoxy) is 1. The van der Waals surface area contributed by atoms with Gasteiger partial charge in [0.15, 0.2) is 5.82 Å². The minimum atomic E-state index is 0.252. The molecule has 8 heteroatoms. The number of benzene rings is 2. The number of aromatic nitrogens is 4. The van der Waals surface area contributed by atoms with Crippen molar-refractivity contribution in [3.8, 4) is 17.2 Å². The average Bonchev–Trinajstić information content (AvgIpc) is 3.29. The number of hydrogen-bond donors (Lipinski definition) is 1. The minimum absolute atomic E-state index is 0.252. The normalized spacial score (nSPS) is 14.4. The summed E-state index contributed by atoms with van der Waals surface area (Å²) in [7, 11) is 2.01. The first kappa shape index (κ1) is 20.1. The standard InChI is InChI=1S/C24H24N6O2/c1-29(18-11-13-32-14-12-18)23-22(26-16-31)21(17-7-3-2-4-8-17)27-24(28-23)30-15-25-19-9-5-6-10-20(19)30/h2-10,15-16,18H,11-14H2,1H3,(H,26,31). The van der Waals surface area contributed by atoms with Gasteiger partial charge in [0.25, 0.3) is 0 Å². The number of carbonyl (C=O) groups excluding carboxylic acids is 1. The fourth-order valence-corrected chi connectivity index (χ4v) is 4.16. The molecule has 5 rings (SSSR count). The summed E-state index contributed by atoms with van der Waals surface area (Å²) >= 11 is 0. The van der Waals surface area contributed by atoms with Crippen molar-refractivity contribution in [3.63, 3.8) is 0 Å². The van der Waals surface area contributed by atoms with E-state index in [-0.39, 0.29) is 6.04 Å². The van der Waals surface area contributed by atoms with E-state index in [2.05, 4.69) is 15.2 Å². The van der Waals surface area contributed by atoms with E-state index in [9.17, 15) is 4.79 Å². The highest BCUT2D eigenvalue weighted by Crippen LogP contribution is 2.36. The first-order valence-corrected chi connectivity index (χ1v) is 10.7. The second-order valence-corrected chi connectivity index (χ2v) is 7.76. The molecule has 162 valence electrons. The second kappa shape index (κ2) is 8.76. The maximum absolute atomic E-state index is 11.6. The third-order valence-corrected chi connectivity index (χ3v) is 5.87. The van der Waals surface area contributed by atoms with Crippen LogP contribution in [0.15, 0.2) is 60.9 Å². The van der Waals surface area contributed by atoms with Crippen LogP contribution in [0.5, 0.6) is 0 Å². The number of imidazole rings is 1. The topological polar surface area (TPSA) is 85.2 Å². The molecule has 0 spiro atoms. The number of hydrogen-bond acceptors (Lipinski definition) is 6. The quantitative estimate of drug-likeness (QED) is 0.472. The average molecular weight is 428 g/mol. The monoisotopic (exact) mass is 428 g/mol. The van der Waals surface area contributed by atoms with Crippen molar-refractivity contribution in [2.75, 3.05) is 30.5 Å². The maximum atomic E-state index is 11.6. The van der Waals surface area contributed by atoms with Gasteiger partial charge in [-0.25, -0.2) is 9.97 Å². The zero-order chi connectivity index (χ0) is 21.9. The van der Waals surface area contributed by atoms with Gasteiger partial charge in [-0.1, -0.05) is 42.5 Å². The van der Waals surface area contributed by atoms with Crippen molar-refractivity contribution in [3.05, 3.63) is 60.9 Å². The number of anilines is 2. The summed E-state index contributed by atoms with van der Waals surface area (Å²) in [5.41, 5.74) is 3.93. The minimum Gasteiger partial charge on any atom is -0.381 e. The summed E-state index contributed by atoms with van der Waals surface area (Å²) in [6, 6.07) is 18.0. The first-order valence-electron chi connectivity index (χ1n) is 10.7. The van der Waals surface area contributed by atoms with Crippen LogP contribution >= 0.6 is 0 Å². The van der Waals surface area contributed by atoms with Crippen molar-refractivity contribution in [2.24, 2.45) is 0 Å². The molecule has 4 aromatic rings. The lowest BCUT2D eigenvalue weighted by atomic mass is 10.1. The van der Waals surface area contributed by atoms with Gasteiger partial charge in [-0.15, -0.1) is 0 Å². The number of rotatable bonds is 6.